The molecule has 0 aliphatic carbocycles. The SMILES string of the molecule is CCOC(=O)c1csc2nc(Cl)nc(NC(C)C)c12. The lowest BCUT2D eigenvalue weighted by Crippen LogP contribution is -2.13. The van der Waals surface area contributed by atoms with E-state index in [1.165, 1.54) is 11.3 Å². The summed E-state index contributed by atoms with van der Waals surface area (Å²) >= 11 is 7.23. The van der Waals surface area contributed by atoms with Crippen molar-refractivity contribution in [3.8, 4) is 0 Å². The first-order valence-corrected chi connectivity index (χ1v) is 7.17. The Bertz CT molecular complexity index is 612. The van der Waals surface area contributed by atoms with Crippen LogP contribution in [0.25, 0.3) is 10.2 Å². The summed E-state index contributed by atoms with van der Waals surface area (Å²) in [5.41, 5.74) is 0.474. The molecule has 5 nitrogen and oxygen atoms in total. The van der Waals surface area contributed by atoms with Crippen LogP contribution in [0.3, 0.4) is 0 Å². The third kappa shape index (κ3) is 2.96. The summed E-state index contributed by atoms with van der Waals surface area (Å²) in [5, 5.41) is 5.73. The fourth-order valence-corrected chi connectivity index (χ4v) is 2.78. The maximum absolute atomic E-state index is 11.9. The third-order valence-corrected chi connectivity index (χ3v) is 3.37. The predicted molar refractivity (Wildman–Crippen MR) is 77.1 cm³/mol. The van der Waals surface area contributed by atoms with Crippen LogP contribution in [0.1, 0.15) is 31.1 Å². The van der Waals surface area contributed by atoms with Gasteiger partial charge in [-0.05, 0) is 32.4 Å². The molecule has 2 aromatic heterocycles. The Labute approximate surface area is 120 Å². The Morgan fingerprint density at radius 3 is 2.89 bits per heavy atom. The van der Waals surface area contributed by atoms with Crippen LogP contribution < -0.4 is 5.32 Å². The second-order valence-electron chi connectivity index (χ2n) is 4.19. The number of esters is 1. The zero-order chi connectivity index (χ0) is 14.0. The number of halogens is 1. The van der Waals surface area contributed by atoms with Crippen molar-refractivity contribution in [1.29, 1.82) is 0 Å². The molecule has 0 saturated heterocycles. The number of nitrogens with zero attached hydrogens (tertiary/aromatic N) is 2. The lowest BCUT2D eigenvalue weighted by Gasteiger charge is -2.11. The molecule has 0 saturated carbocycles. The van der Waals surface area contributed by atoms with Gasteiger partial charge >= 0.3 is 5.97 Å². The predicted octanol–water partition coefficient (Wildman–Crippen LogP) is 3.34. The lowest BCUT2D eigenvalue weighted by molar-refractivity contribution is 0.0529. The summed E-state index contributed by atoms with van der Waals surface area (Å²) in [7, 11) is 0. The van der Waals surface area contributed by atoms with E-state index in [0.29, 0.717) is 28.2 Å². The number of thiophene rings is 1. The van der Waals surface area contributed by atoms with Crippen LogP contribution in [0.5, 0.6) is 0 Å². The Kier molecular flexibility index (Phi) is 4.21. The van der Waals surface area contributed by atoms with Crippen molar-refractivity contribution >= 4 is 44.9 Å². The highest BCUT2D eigenvalue weighted by Gasteiger charge is 2.19. The van der Waals surface area contributed by atoms with Crippen LogP contribution in [0.4, 0.5) is 5.82 Å². The van der Waals surface area contributed by atoms with Crippen molar-refractivity contribution in [2.75, 3.05) is 11.9 Å². The van der Waals surface area contributed by atoms with Crippen molar-refractivity contribution in [2.24, 2.45) is 0 Å². The van der Waals surface area contributed by atoms with Gasteiger partial charge in [0.2, 0.25) is 5.28 Å². The number of rotatable bonds is 4. The number of fused-ring (bicyclic) bond motifs is 1. The van der Waals surface area contributed by atoms with Gasteiger partial charge in [-0.25, -0.2) is 14.8 Å². The number of carbonyl (C=O) groups excluding carboxylic acids is 1. The van der Waals surface area contributed by atoms with Crippen LogP contribution in [0.2, 0.25) is 5.28 Å². The van der Waals surface area contributed by atoms with Crippen LogP contribution in [-0.4, -0.2) is 28.6 Å². The molecule has 19 heavy (non-hydrogen) atoms. The van der Waals surface area contributed by atoms with Crippen molar-refractivity contribution in [2.45, 2.75) is 26.8 Å². The Morgan fingerprint density at radius 1 is 1.53 bits per heavy atom. The molecule has 0 unspecified atom stereocenters. The van der Waals surface area contributed by atoms with Gasteiger partial charge in [0.05, 0.1) is 17.6 Å². The number of aromatic nitrogens is 2. The molecule has 2 aromatic rings. The summed E-state index contributed by atoms with van der Waals surface area (Å²) in [6.07, 6.45) is 0. The topological polar surface area (TPSA) is 64.1 Å². The van der Waals surface area contributed by atoms with Crippen LogP contribution in [0, 0.1) is 0 Å². The fourth-order valence-electron chi connectivity index (χ4n) is 1.65. The maximum atomic E-state index is 11.9. The minimum Gasteiger partial charge on any atom is -0.462 e. The maximum Gasteiger partial charge on any atom is 0.339 e. The lowest BCUT2D eigenvalue weighted by atomic mass is 10.2. The Morgan fingerprint density at radius 2 is 2.26 bits per heavy atom. The van der Waals surface area contributed by atoms with E-state index in [4.69, 9.17) is 16.3 Å². The molecule has 0 bridgehead atoms. The molecular formula is C12H14ClN3O2S. The average molecular weight is 300 g/mol. The molecule has 0 fully saturated rings. The normalized spacial score (nSPS) is 11.0. The van der Waals surface area contributed by atoms with Gasteiger partial charge in [-0.15, -0.1) is 11.3 Å². The van der Waals surface area contributed by atoms with E-state index in [2.05, 4.69) is 15.3 Å². The molecule has 0 atom stereocenters. The quantitative estimate of drug-likeness (QED) is 0.693. The van der Waals surface area contributed by atoms with Gasteiger partial charge in [-0.2, -0.15) is 0 Å². The molecule has 2 rings (SSSR count). The molecular weight excluding hydrogens is 286 g/mol. The van der Waals surface area contributed by atoms with E-state index < -0.39 is 0 Å². The molecule has 1 N–H and O–H groups in total. The second-order valence-corrected chi connectivity index (χ2v) is 5.39. The summed E-state index contributed by atoms with van der Waals surface area (Å²) in [5.74, 6) is 0.195. The van der Waals surface area contributed by atoms with E-state index in [1.807, 2.05) is 13.8 Å². The third-order valence-electron chi connectivity index (χ3n) is 2.33. The summed E-state index contributed by atoms with van der Waals surface area (Å²) < 4.78 is 5.04. The molecule has 0 spiro atoms. The first-order chi connectivity index (χ1) is 9.02. The van der Waals surface area contributed by atoms with Crippen molar-refractivity contribution in [1.82, 2.24) is 9.97 Å². The van der Waals surface area contributed by atoms with E-state index >= 15 is 0 Å². The van der Waals surface area contributed by atoms with E-state index in [1.54, 1.807) is 12.3 Å². The zero-order valence-electron chi connectivity index (χ0n) is 10.9. The van der Waals surface area contributed by atoms with E-state index in [-0.39, 0.29) is 17.3 Å². The smallest absolute Gasteiger partial charge is 0.339 e. The number of hydrogen-bond acceptors (Lipinski definition) is 6. The summed E-state index contributed by atoms with van der Waals surface area (Å²) in [4.78, 5) is 20.9. The van der Waals surface area contributed by atoms with Crippen LogP contribution >= 0.6 is 22.9 Å². The van der Waals surface area contributed by atoms with Gasteiger partial charge in [-0.1, -0.05) is 0 Å². The Balaban J connectivity index is 2.58. The van der Waals surface area contributed by atoms with Gasteiger partial charge in [0.15, 0.2) is 0 Å². The van der Waals surface area contributed by atoms with E-state index in [9.17, 15) is 4.79 Å². The minimum atomic E-state index is -0.369. The van der Waals surface area contributed by atoms with Gasteiger partial charge in [-0.3, -0.25) is 0 Å². The molecule has 0 aliphatic heterocycles. The van der Waals surface area contributed by atoms with Gasteiger partial charge in [0, 0.05) is 11.4 Å². The van der Waals surface area contributed by atoms with Gasteiger partial charge in [0.1, 0.15) is 10.6 Å². The largest absolute Gasteiger partial charge is 0.462 e. The second kappa shape index (κ2) is 5.71. The average Bonchev–Trinajstić information content (AvgIpc) is 2.72. The molecule has 0 amide bonds. The zero-order valence-corrected chi connectivity index (χ0v) is 12.4. The standard InChI is InChI=1S/C12H14ClN3O2S/c1-4-18-11(17)7-5-19-10-8(7)9(14-6(2)3)15-12(13)16-10/h5-6H,4H2,1-3H3,(H,14,15,16). The number of anilines is 1. The highest BCUT2D eigenvalue weighted by atomic mass is 35.5. The fraction of sp³-hybridized carbons (Fsp3) is 0.417. The van der Waals surface area contributed by atoms with Crippen molar-refractivity contribution in [3.05, 3.63) is 16.2 Å². The summed E-state index contributed by atoms with van der Waals surface area (Å²) in [6.45, 7) is 6.07. The molecule has 0 radical (unpaired) electrons. The van der Waals surface area contributed by atoms with Gasteiger partial charge < -0.3 is 10.1 Å². The molecule has 7 heteroatoms. The van der Waals surface area contributed by atoms with Crippen molar-refractivity contribution < 1.29 is 9.53 Å². The Hall–Kier alpha value is -1.40. The van der Waals surface area contributed by atoms with Crippen LogP contribution in [-0.2, 0) is 4.74 Å². The highest BCUT2D eigenvalue weighted by molar-refractivity contribution is 7.17. The summed E-state index contributed by atoms with van der Waals surface area (Å²) in [6, 6.07) is 0.170. The molecule has 2 heterocycles. The van der Waals surface area contributed by atoms with Gasteiger partial charge in [0.25, 0.3) is 0 Å². The molecule has 0 aromatic carbocycles. The number of carbonyl (C=O) groups is 1. The van der Waals surface area contributed by atoms with E-state index in [0.717, 1.165) is 0 Å². The monoisotopic (exact) mass is 299 g/mol. The van der Waals surface area contributed by atoms with Crippen molar-refractivity contribution in [3.63, 3.8) is 0 Å². The molecule has 102 valence electrons. The first-order valence-electron chi connectivity index (χ1n) is 5.91. The van der Waals surface area contributed by atoms with Crippen LogP contribution in [0.15, 0.2) is 5.38 Å². The number of ether oxygens (including phenoxy) is 1. The number of hydrogen-bond donors (Lipinski definition) is 1. The first kappa shape index (κ1) is 14.0. The number of nitrogens with one attached hydrogen (secondary N) is 1. The molecule has 0 aliphatic rings. The minimum absolute atomic E-state index is 0.160. The highest BCUT2D eigenvalue weighted by Crippen LogP contribution is 2.31.